The van der Waals surface area contributed by atoms with Crippen LogP contribution in [-0.2, 0) is 0 Å². The molecule has 0 radical (unpaired) electrons. The topological polar surface area (TPSA) is 64.8 Å². The lowest BCUT2D eigenvalue weighted by Gasteiger charge is -2.17. The first-order valence-electron chi connectivity index (χ1n) is 5.98. The van der Waals surface area contributed by atoms with Gasteiger partial charge in [-0.05, 0) is 26.1 Å². The van der Waals surface area contributed by atoms with Crippen molar-refractivity contribution in [1.82, 2.24) is 14.9 Å². The van der Waals surface area contributed by atoms with Gasteiger partial charge in [0.2, 0.25) is 0 Å². The molecule has 0 aliphatic rings. The van der Waals surface area contributed by atoms with E-state index in [1.165, 1.54) is 6.20 Å². The Bertz CT molecular complexity index is 350. The molecule has 1 heterocycles. The highest BCUT2D eigenvalue weighted by atomic mass is 15.1. The van der Waals surface area contributed by atoms with E-state index in [-0.39, 0.29) is 0 Å². The third kappa shape index (κ3) is 4.79. The number of hydrogen-bond donors (Lipinski definition) is 1. The molecule has 0 aliphatic heterocycles. The standard InChI is InChI=1S/C12H19N5/c1-3-17(4-2)7-5-6-14-12-10-15-11(8-13)9-16-12/h9-10H,3-7H2,1-2H3,(H,14,16). The van der Waals surface area contributed by atoms with Crippen molar-refractivity contribution in [3.8, 4) is 6.07 Å². The van der Waals surface area contributed by atoms with Crippen molar-refractivity contribution >= 4 is 5.82 Å². The van der Waals surface area contributed by atoms with Crippen LogP contribution in [0.2, 0.25) is 0 Å². The highest BCUT2D eigenvalue weighted by Gasteiger charge is 1.99. The molecule has 1 aromatic rings. The molecule has 0 fully saturated rings. The molecule has 0 aliphatic carbocycles. The van der Waals surface area contributed by atoms with E-state index in [9.17, 15) is 0 Å². The molecule has 0 unspecified atom stereocenters. The Morgan fingerprint density at radius 1 is 1.29 bits per heavy atom. The Kier molecular flexibility index (Phi) is 5.97. The van der Waals surface area contributed by atoms with Crippen LogP contribution in [0.1, 0.15) is 26.0 Å². The van der Waals surface area contributed by atoms with Crippen molar-refractivity contribution in [3.63, 3.8) is 0 Å². The van der Waals surface area contributed by atoms with E-state index < -0.39 is 0 Å². The molecule has 92 valence electrons. The van der Waals surface area contributed by atoms with Gasteiger partial charge in [-0.25, -0.2) is 9.97 Å². The number of hydrogen-bond acceptors (Lipinski definition) is 5. The summed E-state index contributed by atoms with van der Waals surface area (Å²) in [7, 11) is 0. The largest absolute Gasteiger partial charge is 0.369 e. The lowest BCUT2D eigenvalue weighted by atomic mass is 10.3. The number of nitrogens with zero attached hydrogens (tertiary/aromatic N) is 4. The summed E-state index contributed by atoms with van der Waals surface area (Å²) in [5, 5.41) is 11.8. The molecule has 0 bridgehead atoms. The second-order valence-corrected chi connectivity index (χ2v) is 3.71. The Morgan fingerprint density at radius 2 is 2.06 bits per heavy atom. The summed E-state index contributed by atoms with van der Waals surface area (Å²) >= 11 is 0. The minimum Gasteiger partial charge on any atom is -0.369 e. The minimum absolute atomic E-state index is 0.346. The number of nitrogens with one attached hydrogen (secondary N) is 1. The molecule has 0 amide bonds. The maximum atomic E-state index is 8.58. The first-order valence-corrected chi connectivity index (χ1v) is 5.98. The predicted octanol–water partition coefficient (Wildman–Crippen LogP) is 1.49. The Morgan fingerprint density at radius 3 is 2.59 bits per heavy atom. The molecule has 0 spiro atoms. The average molecular weight is 233 g/mol. The number of nitriles is 1. The van der Waals surface area contributed by atoms with Gasteiger partial charge in [-0.1, -0.05) is 13.8 Å². The van der Waals surface area contributed by atoms with Crippen LogP contribution in [0, 0.1) is 11.3 Å². The van der Waals surface area contributed by atoms with Gasteiger partial charge in [0, 0.05) is 6.54 Å². The van der Waals surface area contributed by atoms with Crippen LogP contribution in [0.15, 0.2) is 12.4 Å². The minimum atomic E-state index is 0.346. The van der Waals surface area contributed by atoms with Crippen LogP contribution >= 0.6 is 0 Å². The third-order valence-corrected chi connectivity index (χ3v) is 2.62. The summed E-state index contributed by atoms with van der Waals surface area (Å²) in [5.41, 5.74) is 0.346. The van der Waals surface area contributed by atoms with Crippen LogP contribution in [-0.4, -0.2) is 41.0 Å². The smallest absolute Gasteiger partial charge is 0.158 e. The number of rotatable bonds is 7. The van der Waals surface area contributed by atoms with E-state index in [0.717, 1.165) is 38.4 Å². The van der Waals surface area contributed by atoms with Crippen molar-refractivity contribution in [2.45, 2.75) is 20.3 Å². The Labute approximate surface area is 102 Å². The van der Waals surface area contributed by atoms with E-state index in [0.29, 0.717) is 5.69 Å². The first-order chi connectivity index (χ1) is 8.30. The van der Waals surface area contributed by atoms with Gasteiger partial charge in [0.25, 0.3) is 0 Å². The van der Waals surface area contributed by atoms with E-state index in [2.05, 4.69) is 34.0 Å². The first kappa shape index (κ1) is 13.4. The fourth-order valence-electron chi connectivity index (χ4n) is 1.54. The SMILES string of the molecule is CCN(CC)CCCNc1cnc(C#N)cn1. The fourth-order valence-corrected chi connectivity index (χ4v) is 1.54. The Balaban J connectivity index is 2.24. The molecular formula is C12H19N5. The van der Waals surface area contributed by atoms with Crippen molar-refractivity contribution < 1.29 is 0 Å². The molecule has 1 rings (SSSR count). The van der Waals surface area contributed by atoms with Crippen LogP contribution in [0.25, 0.3) is 0 Å². The zero-order valence-electron chi connectivity index (χ0n) is 10.5. The van der Waals surface area contributed by atoms with Crippen molar-refractivity contribution in [3.05, 3.63) is 18.1 Å². The van der Waals surface area contributed by atoms with Crippen LogP contribution < -0.4 is 5.32 Å². The van der Waals surface area contributed by atoms with Gasteiger partial charge in [0.1, 0.15) is 11.9 Å². The maximum Gasteiger partial charge on any atom is 0.158 e. The molecule has 17 heavy (non-hydrogen) atoms. The molecule has 1 N–H and O–H groups in total. The molecule has 5 heteroatoms. The second-order valence-electron chi connectivity index (χ2n) is 3.71. The molecule has 0 saturated carbocycles. The molecule has 1 aromatic heterocycles. The third-order valence-electron chi connectivity index (χ3n) is 2.62. The quantitative estimate of drug-likeness (QED) is 0.723. The summed E-state index contributed by atoms with van der Waals surface area (Å²) < 4.78 is 0. The highest BCUT2D eigenvalue weighted by Crippen LogP contribution is 2.00. The van der Waals surface area contributed by atoms with Crippen molar-refractivity contribution in [1.29, 1.82) is 5.26 Å². The summed E-state index contributed by atoms with van der Waals surface area (Å²) in [4.78, 5) is 10.4. The van der Waals surface area contributed by atoms with Gasteiger partial charge >= 0.3 is 0 Å². The van der Waals surface area contributed by atoms with Gasteiger partial charge in [-0.2, -0.15) is 5.26 Å². The molecule has 0 atom stereocenters. The summed E-state index contributed by atoms with van der Waals surface area (Å²) in [5.74, 6) is 0.726. The fraction of sp³-hybridized carbons (Fsp3) is 0.583. The zero-order chi connectivity index (χ0) is 12.5. The van der Waals surface area contributed by atoms with Crippen LogP contribution in [0.3, 0.4) is 0 Å². The second kappa shape index (κ2) is 7.58. The normalized spacial score (nSPS) is 10.2. The van der Waals surface area contributed by atoms with E-state index in [1.807, 2.05) is 6.07 Å². The zero-order valence-corrected chi connectivity index (χ0v) is 10.5. The van der Waals surface area contributed by atoms with Crippen LogP contribution in [0.4, 0.5) is 5.82 Å². The predicted molar refractivity (Wildman–Crippen MR) is 67.6 cm³/mol. The van der Waals surface area contributed by atoms with Gasteiger partial charge in [0.05, 0.1) is 12.4 Å². The molecule has 0 saturated heterocycles. The van der Waals surface area contributed by atoms with Crippen LogP contribution in [0.5, 0.6) is 0 Å². The highest BCUT2D eigenvalue weighted by molar-refractivity contribution is 5.32. The van der Waals surface area contributed by atoms with E-state index in [4.69, 9.17) is 5.26 Å². The van der Waals surface area contributed by atoms with Crippen molar-refractivity contribution in [2.75, 3.05) is 31.5 Å². The van der Waals surface area contributed by atoms with Gasteiger partial charge in [-0.3, -0.25) is 0 Å². The Hall–Kier alpha value is -1.67. The average Bonchev–Trinajstić information content (AvgIpc) is 2.40. The van der Waals surface area contributed by atoms with E-state index >= 15 is 0 Å². The maximum absolute atomic E-state index is 8.58. The molecule has 5 nitrogen and oxygen atoms in total. The molecule has 0 aromatic carbocycles. The summed E-state index contributed by atoms with van der Waals surface area (Å²) in [6.45, 7) is 8.48. The van der Waals surface area contributed by atoms with Crippen molar-refractivity contribution in [2.24, 2.45) is 0 Å². The number of anilines is 1. The van der Waals surface area contributed by atoms with Gasteiger partial charge in [-0.15, -0.1) is 0 Å². The van der Waals surface area contributed by atoms with Gasteiger partial charge in [0.15, 0.2) is 5.69 Å². The lowest BCUT2D eigenvalue weighted by molar-refractivity contribution is 0.303. The number of aromatic nitrogens is 2. The van der Waals surface area contributed by atoms with E-state index in [1.54, 1.807) is 6.20 Å². The van der Waals surface area contributed by atoms with Gasteiger partial charge < -0.3 is 10.2 Å². The summed E-state index contributed by atoms with van der Waals surface area (Å²) in [6, 6.07) is 1.94. The summed E-state index contributed by atoms with van der Waals surface area (Å²) in [6.07, 6.45) is 4.14. The monoisotopic (exact) mass is 233 g/mol. The lowest BCUT2D eigenvalue weighted by Crippen LogP contribution is -2.25. The molecular weight excluding hydrogens is 214 g/mol.